The summed E-state index contributed by atoms with van der Waals surface area (Å²) in [5, 5.41) is 13.5. The van der Waals surface area contributed by atoms with E-state index in [1.807, 2.05) is 36.4 Å². The van der Waals surface area contributed by atoms with E-state index in [-0.39, 0.29) is 17.4 Å². The Kier molecular flexibility index (Phi) is 5.91. The molecule has 1 saturated heterocycles. The lowest BCUT2D eigenvalue weighted by atomic mass is 9.59. The smallest absolute Gasteiger partial charge is 0.231 e. The Labute approximate surface area is 220 Å². The van der Waals surface area contributed by atoms with Gasteiger partial charge in [0.1, 0.15) is 5.75 Å². The van der Waals surface area contributed by atoms with Crippen LogP contribution in [0.4, 0.5) is 0 Å². The molecular formula is C33H38N2O2. The maximum absolute atomic E-state index is 13.9. The minimum atomic E-state index is -0.466. The monoisotopic (exact) mass is 494 g/mol. The number of hydrogen-bond acceptors (Lipinski definition) is 3. The third-order valence-electron chi connectivity index (χ3n) is 10.0. The van der Waals surface area contributed by atoms with Crippen molar-refractivity contribution in [1.82, 2.24) is 10.2 Å². The third-order valence-corrected chi connectivity index (χ3v) is 10.0. The van der Waals surface area contributed by atoms with Crippen molar-refractivity contribution in [2.45, 2.75) is 62.9 Å². The number of benzene rings is 3. The second kappa shape index (κ2) is 9.02. The molecule has 0 radical (unpaired) electrons. The predicted molar refractivity (Wildman–Crippen MR) is 148 cm³/mol. The van der Waals surface area contributed by atoms with Gasteiger partial charge in [-0.15, -0.1) is 0 Å². The van der Waals surface area contributed by atoms with Crippen LogP contribution in [0.2, 0.25) is 0 Å². The lowest BCUT2D eigenvalue weighted by Gasteiger charge is -2.55. The Morgan fingerprint density at radius 2 is 1.78 bits per heavy atom. The highest BCUT2D eigenvalue weighted by molar-refractivity contribution is 5.92. The number of rotatable bonds is 6. The van der Waals surface area contributed by atoms with Crippen molar-refractivity contribution >= 4 is 5.91 Å². The van der Waals surface area contributed by atoms with Gasteiger partial charge in [-0.3, -0.25) is 9.69 Å². The van der Waals surface area contributed by atoms with Gasteiger partial charge in [0, 0.05) is 12.6 Å². The SMILES string of the molecule is C[C@@H](NC(=O)[C@@]1(c2ccccc2)C[C@H]1CN1CC[C@@]2(C)c3cc(O)ccc3C[C@@H]1[C@@H]2C)c1ccccc1. The minimum absolute atomic E-state index is 0.0301. The van der Waals surface area contributed by atoms with Gasteiger partial charge in [-0.05, 0) is 84.4 Å². The molecule has 1 amide bonds. The first-order valence-electron chi connectivity index (χ1n) is 13.8. The number of aromatic hydroxyl groups is 1. The van der Waals surface area contributed by atoms with Crippen molar-refractivity contribution < 1.29 is 9.90 Å². The quantitative estimate of drug-likeness (QED) is 0.459. The molecule has 1 heterocycles. The molecule has 3 aliphatic rings. The lowest BCUT2D eigenvalue weighted by Crippen LogP contribution is -2.58. The first-order chi connectivity index (χ1) is 17.8. The van der Waals surface area contributed by atoms with Gasteiger partial charge >= 0.3 is 0 Å². The highest BCUT2D eigenvalue weighted by Crippen LogP contribution is 2.57. The normalized spacial score (nSPS) is 31.3. The molecule has 3 aromatic carbocycles. The summed E-state index contributed by atoms with van der Waals surface area (Å²) in [7, 11) is 0. The highest BCUT2D eigenvalue weighted by atomic mass is 16.3. The Balaban J connectivity index is 1.24. The summed E-state index contributed by atoms with van der Waals surface area (Å²) in [5.41, 5.74) is 4.58. The second-order valence-electron chi connectivity index (χ2n) is 11.9. The van der Waals surface area contributed by atoms with Crippen molar-refractivity contribution in [2.24, 2.45) is 11.8 Å². The molecule has 2 fully saturated rings. The van der Waals surface area contributed by atoms with Crippen LogP contribution < -0.4 is 5.32 Å². The van der Waals surface area contributed by atoms with E-state index in [9.17, 15) is 9.90 Å². The number of fused-ring (bicyclic) bond motifs is 4. The zero-order valence-corrected chi connectivity index (χ0v) is 22.2. The third kappa shape index (κ3) is 3.97. The van der Waals surface area contributed by atoms with Crippen LogP contribution in [0.1, 0.15) is 61.9 Å². The molecule has 2 N–H and O–H groups in total. The summed E-state index contributed by atoms with van der Waals surface area (Å²) >= 11 is 0. The van der Waals surface area contributed by atoms with E-state index in [2.05, 4.69) is 73.5 Å². The van der Waals surface area contributed by atoms with Crippen LogP contribution in [-0.4, -0.2) is 35.0 Å². The fourth-order valence-corrected chi connectivity index (χ4v) is 7.40. The first-order valence-corrected chi connectivity index (χ1v) is 13.8. The van der Waals surface area contributed by atoms with Crippen molar-refractivity contribution in [3.8, 4) is 5.75 Å². The largest absolute Gasteiger partial charge is 0.508 e. The molecule has 0 spiro atoms. The summed E-state index contributed by atoms with van der Waals surface area (Å²) < 4.78 is 0. The molecule has 6 atom stereocenters. The maximum Gasteiger partial charge on any atom is 0.231 e. The van der Waals surface area contributed by atoms with Gasteiger partial charge in [-0.1, -0.05) is 80.6 Å². The number of carbonyl (C=O) groups is 1. The molecule has 3 aromatic rings. The predicted octanol–water partition coefficient (Wildman–Crippen LogP) is 5.75. The molecule has 192 valence electrons. The molecule has 1 aliphatic heterocycles. The van der Waals surface area contributed by atoms with E-state index in [1.165, 1.54) is 11.1 Å². The molecule has 0 aromatic heterocycles. The van der Waals surface area contributed by atoms with Crippen molar-refractivity contribution in [1.29, 1.82) is 0 Å². The van der Waals surface area contributed by atoms with E-state index in [0.29, 0.717) is 23.6 Å². The van der Waals surface area contributed by atoms with Gasteiger partial charge in [-0.2, -0.15) is 0 Å². The second-order valence-corrected chi connectivity index (χ2v) is 11.9. The highest BCUT2D eigenvalue weighted by Gasteiger charge is 2.62. The summed E-state index contributed by atoms with van der Waals surface area (Å²) in [6, 6.07) is 27.0. The van der Waals surface area contributed by atoms with Gasteiger partial charge in [-0.25, -0.2) is 0 Å². The Morgan fingerprint density at radius 3 is 2.51 bits per heavy atom. The zero-order chi connectivity index (χ0) is 25.8. The van der Waals surface area contributed by atoms with Crippen LogP contribution >= 0.6 is 0 Å². The van der Waals surface area contributed by atoms with Gasteiger partial charge in [0.2, 0.25) is 5.91 Å². The van der Waals surface area contributed by atoms with Gasteiger partial charge < -0.3 is 10.4 Å². The Bertz CT molecular complexity index is 1290. The van der Waals surface area contributed by atoms with E-state index >= 15 is 0 Å². The molecule has 4 nitrogen and oxygen atoms in total. The average Bonchev–Trinajstić information content (AvgIpc) is 3.64. The molecule has 2 aliphatic carbocycles. The standard InChI is InChI=1S/C33H38N2O2/c1-22-30-18-25-14-15-28(36)19-29(25)32(22,3)16-17-35(30)21-27-20-33(27,26-12-8-5-9-13-26)31(37)34-23(2)24-10-6-4-7-11-24/h4-15,19,22-23,27,30,36H,16-18,20-21H2,1-3H3,(H,34,37)/t22-,23+,27-,30+,32+,33+/m0/s1. The van der Waals surface area contributed by atoms with Crippen molar-refractivity contribution in [3.05, 3.63) is 101 Å². The number of phenolic OH excluding ortho intramolecular Hbond substituents is 1. The number of piperidine rings is 1. The number of nitrogens with zero attached hydrogens (tertiary/aromatic N) is 1. The minimum Gasteiger partial charge on any atom is -0.508 e. The zero-order valence-electron chi connectivity index (χ0n) is 22.2. The number of amides is 1. The topological polar surface area (TPSA) is 52.6 Å². The summed E-state index contributed by atoms with van der Waals surface area (Å²) in [5.74, 6) is 1.32. The first kappa shape index (κ1) is 24.2. The summed E-state index contributed by atoms with van der Waals surface area (Å²) in [4.78, 5) is 16.6. The van der Waals surface area contributed by atoms with E-state index < -0.39 is 5.41 Å². The van der Waals surface area contributed by atoms with Gasteiger partial charge in [0.05, 0.1) is 11.5 Å². The lowest BCUT2D eigenvalue weighted by molar-refractivity contribution is -0.124. The van der Waals surface area contributed by atoms with E-state index in [1.54, 1.807) is 0 Å². The van der Waals surface area contributed by atoms with Crippen LogP contribution in [0, 0.1) is 11.8 Å². The fraction of sp³-hybridized carbons (Fsp3) is 0.424. The Hall–Kier alpha value is -3.11. The molecular weight excluding hydrogens is 456 g/mol. The molecule has 1 saturated carbocycles. The molecule has 2 bridgehead atoms. The molecule has 0 unspecified atom stereocenters. The fourth-order valence-electron chi connectivity index (χ4n) is 7.40. The van der Waals surface area contributed by atoms with Crippen molar-refractivity contribution in [2.75, 3.05) is 13.1 Å². The van der Waals surface area contributed by atoms with Crippen LogP contribution in [-0.2, 0) is 22.0 Å². The van der Waals surface area contributed by atoms with Gasteiger partial charge in [0.15, 0.2) is 0 Å². The number of carbonyl (C=O) groups excluding carboxylic acids is 1. The number of phenols is 1. The maximum atomic E-state index is 13.9. The van der Waals surface area contributed by atoms with E-state index in [0.717, 1.165) is 43.5 Å². The van der Waals surface area contributed by atoms with Crippen LogP contribution in [0.3, 0.4) is 0 Å². The average molecular weight is 495 g/mol. The molecule has 6 rings (SSSR count). The van der Waals surface area contributed by atoms with Gasteiger partial charge in [0.25, 0.3) is 0 Å². The Morgan fingerprint density at radius 1 is 1.08 bits per heavy atom. The summed E-state index contributed by atoms with van der Waals surface area (Å²) in [6.45, 7) is 8.82. The van der Waals surface area contributed by atoms with Crippen LogP contribution in [0.15, 0.2) is 78.9 Å². The van der Waals surface area contributed by atoms with Crippen molar-refractivity contribution in [3.63, 3.8) is 0 Å². The molecule has 4 heteroatoms. The summed E-state index contributed by atoms with van der Waals surface area (Å²) in [6.07, 6.45) is 2.97. The number of hydrogen-bond donors (Lipinski definition) is 2. The number of nitrogens with one attached hydrogen (secondary N) is 1. The molecule has 37 heavy (non-hydrogen) atoms. The van der Waals surface area contributed by atoms with Crippen LogP contribution in [0.25, 0.3) is 0 Å². The van der Waals surface area contributed by atoms with E-state index in [4.69, 9.17) is 0 Å². The number of likely N-dealkylation sites (tertiary alicyclic amines) is 1. The van der Waals surface area contributed by atoms with Crippen LogP contribution in [0.5, 0.6) is 5.75 Å².